The Hall–Kier alpha value is -1.97. The zero-order chi connectivity index (χ0) is 17.2. The number of hydrogen-bond donors (Lipinski definition) is 0. The summed E-state index contributed by atoms with van der Waals surface area (Å²) in [5.41, 5.74) is -0.684. The van der Waals surface area contributed by atoms with Crippen LogP contribution in [0.2, 0.25) is 0 Å². The van der Waals surface area contributed by atoms with Crippen LogP contribution < -0.4 is 0 Å². The molecule has 128 valence electrons. The van der Waals surface area contributed by atoms with E-state index in [-0.39, 0.29) is 5.82 Å². The minimum Gasteiger partial charge on any atom is -0.239 e. The van der Waals surface area contributed by atoms with Crippen LogP contribution in [-0.2, 0) is 9.84 Å². The molecule has 1 saturated carbocycles. The van der Waals surface area contributed by atoms with E-state index in [1.807, 2.05) is 0 Å². The normalized spacial score (nSPS) is 23.5. The third-order valence-electron chi connectivity index (χ3n) is 4.27. The molecule has 0 unspecified atom stereocenters. The van der Waals surface area contributed by atoms with Crippen molar-refractivity contribution in [2.24, 2.45) is 0 Å². The molecule has 0 saturated heterocycles. The molecule has 2 heterocycles. The van der Waals surface area contributed by atoms with Gasteiger partial charge in [-0.25, -0.2) is 30.7 Å². The SMILES string of the molecule is O=S(=O)(c1nc2n(n1)[C@H](c1c(F)ccc(F)c1F)C[C@@H]2F)C1CC1. The molecule has 10 heteroatoms. The van der Waals surface area contributed by atoms with Crippen LogP contribution in [0.15, 0.2) is 17.3 Å². The molecule has 2 atom stereocenters. The van der Waals surface area contributed by atoms with Crippen LogP contribution in [0.1, 0.15) is 42.9 Å². The van der Waals surface area contributed by atoms with Gasteiger partial charge in [0.25, 0.3) is 5.16 Å². The molecule has 1 fully saturated rings. The summed E-state index contributed by atoms with van der Waals surface area (Å²) in [6.45, 7) is 0. The van der Waals surface area contributed by atoms with Gasteiger partial charge >= 0.3 is 0 Å². The Bertz CT molecular complexity index is 940. The Labute approximate surface area is 134 Å². The van der Waals surface area contributed by atoms with Crippen molar-refractivity contribution >= 4 is 9.84 Å². The van der Waals surface area contributed by atoms with Crippen molar-refractivity contribution in [2.75, 3.05) is 0 Å². The second kappa shape index (κ2) is 5.01. The number of halogens is 4. The summed E-state index contributed by atoms with van der Waals surface area (Å²) in [5.74, 6) is -4.09. The molecule has 4 rings (SSSR count). The highest BCUT2D eigenvalue weighted by atomic mass is 32.2. The lowest BCUT2D eigenvalue weighted by Crippen LogP contribution is -2.15. The predicted molar refractivity (Wildman–Crippen MR) is 73.2 cm³/mol. The number of sulfone groups is 1. The highest BCUT2D eigenvalue weighted by molar-refractivity contribution is 7.92. The smallest absolute Gasteiger partial charge is 0.239 e. The molecule has 24 heavy (non-hydrogen) atoms. The number of alkyl halides is 1. The maximum Gasteiger partial charge on any atom is 0.267 e. The predicted octanol–water partition coefficient (Wildman–Crippen LogP) is 2.64. The largest absolute Gasteiger partial charge is 0.267 e. The first-order chi connectivity index (χ1) is 11.3. The first kappa shape index (κ1) is 15.6. The fourth-order valence-electron chi connectivity index (χ4n) is 2.90. The van der Waals surface area contributed by atoms with Gasteiger partial charge in [-0.15, -0.1) is 5.10 Å². The molecule has 0 spiro atoms. The molecule has 2 aliphatic rings. The number of fused-ring (bicyclic) bond motifs is 1. The maximum atomic E-state index is 14.2. The summed E-state index contributed by atoms with van der Waals surface area (Å²) < 4.78 is 80.8. The van der Waals surface area contributed by atoms with Crippen LogP contribution in [0.25, 0.3) is 0 Å². The number of benzene rings is 1. The Balaban J connectivity index is 1.84. The zero-order valence-corrected chi connectivity index (χ0v) is 12.9. The van der Waals surface area contributed by atoms with E-state index in [0.717, 1.165) is 10.7 Å². The van der Waals surface area contributed by atoms with Crippen LogP contribution in [0, 0.1) is 17.5 Å². The average molecular weight is 361 g/mol. The van der Waals surface area contributed by atoms with Crippen LogP contribution in [0.4, 0.5) is 17.6 Å². The number of aromatic nitrogens is 3. The van der Waals surface area contributed by atoms with E-state index in [1.165, 1.54) is 0 Å². The van der Waals surface area contributed by atoms with Crippen LogP contribution in [0.5, 0.6) is 0 Å². The van der Waals surface area contributed by atoms with Gasteiger partial charge in [-0.05, 0) is 25.0 Å². The average Bonchev–Trinajstić information content (AvgIpc) is 3.22. The van der Waals surface area contributed by atoms with Crippen molar-refractivity contribution in [3.63, 3.8) is 0 Å². The summed E-state index contributed by atoms with van der Waals surface area (Å²) in [4.78, 5) is 3.71. The van der Waals surface area contributed by atoms with E-state index in [1.54, 1.807) is 0 Å². The van der Waals surface area contributed by atoms with Gasteiger partial charge < -0.3 is 0 Å². The van der Waals surface area contributed by atoms with Gasteiger partial charge in [0.15, 0.2) is 23.6 Å². The second-order valence-corrected chi connectivity index (χ2v) is 8.04. The second-order valence-electron chi connectivity index (χ2n) is 5.92. The molecular formula is C14H11F4N3O2S. The molecule has 2 aromatic rings. The van der Waals surface area contributed by atoms with E-state index in [4.69, 9.17) is 0 Å². The van der Waals surface area contributed by atoms with Crippen LogP contribution in [-0.4, -0.2) is 28.4 Å². The lowest BCUT2D eigenvalue weighted by atomic mass is 10.0. The summed E-state index contributed by atoms with van der Waals surface area (Å²) in [5, 5.41) is 2.62. The highest BCUT2D eigenvalue weighted by Crippen LogP contribution is 2.42. The number of nitrogens with zero attached hydrogens (tertiary/aromatic N) is 3. The molecule has 1 aromatic carbocycles. The van der Waals surface area contributed by atoms with Crippen molar-refractivity contribution < 1.29 is 26.0 Å². The lowest BCUT2D eigenvalue weighted by Gasteiger charge is -2.14. The van der Waals surface area contributed by atoms with Gasteiger partial charge in [-0.2, -0.15) is 4.98 Å². The monoisotopic (exact) mass is 361 g/mol. The molecule has 0 bridgehead atoms. The van der Waals surface area contributed by atoms with Crippen molar-refractivity contribution in [2.45, 2.75) is 41.9 Å². The van der Waals surface area contributed by atoms with Gasteiger partial charge in [0.05, 0.1) is 16.9 Å². The van der Waals surface area contributed by atoms with Gasteiger partial charge in [0.2, 0.25) is 9.84 Å². The summed E-state index contributed by atoms with van der Waals surface area (Å²) in [7, 11) is -3.77. The topological polar surface area (TPSA) is 64.8 Å². The molecule has 0 radical (unpaired) electrons. The first-order valence-corrected chi connectivity index (χ1v) is 8.83. The van der Waals surface area contributed by atoms with E-state index in [0.29, 0.717) is 18.9 Å². The van der Waals surface area contributed by atoms with Gasteiger partial charge in [0.1, 0.15) is 5.82 Å². The fourth-order valence-corrected chi connectivity index (χ4v) is 4.37. The first-order valence-electron chi connectivity index (χ1n) is 7.28. The Morgan fingerprint density at radius 3 is 2.46 bits per heavy atom. The molecule has 1 aliphatic carbocycles. The molecule has 1 aliphatic heterocycles. The number of hydrogen-bond acceptors (Lipinski definition) is 4. The third kappa shape index (κ3) is 2.15. The molecule has 1 aromatic heterocycles. The number of rotatable bonds is 3. The Kier molecular flexibility index (Phi) is 3.25. The summed E-state index contributed by atoms with van der Waals surface area (Å²) in [6.07, 6.45) is -1.19. The van der Waals surface area contributed by atoms with Crippen LogP contribution >= 0.6 is 0 Å². The molecular weight excluding hydrogens is 350 g/mol. The Morgan fingerprint density at radius 2 is 1.79 bits per heavy atom. The van der Waals surface area contributed by atoms with Crippen molar-refractivity contribution in [3.05, 3.63) is 41.0 Å². The minimum atomic E-state index is -3.77. The van der Waals surface area contributed by atoms with E-state index < -0.39 is 61.9 Å². The van der Waals surface area contributed by atoms with Crippen LogP contribution in [0.3, 0.4) is 0 Å². The fraction of sp³-hybridized carbons (Fsp3) is 0.429. The van der Waals surface area contributed by atoms with Crippen molar-refractivity contribution in [1.29, 1.82) is 0 Å². The summed E-state index contributed by atoms with van der Waals surface area (Å²) in [6, 6.07) is 0.0697. The standard InChI is InChI=1S/C14H11F4N3O2S/c15-7-3-4-8(16)12(18)11(7)10-5-9(17)13-19-14(20-21(10)13)24(22,23)6-1-2-6/h3-4,6,9-10H,1-2,5H2/t9-,10-/m0/s1. The lowest BCUT2D eigenvalue weighted by molar-refractivity contribution is 0.321. The van der Waals surface area contributed by atoms with Gasteiger partial charge in [-0.1, -0.05) is 0 Å². The van der Waals surface area contributed by atoms with E-state index >= 15 is 0 Å². The third-order valence-corrected chi connectivity index (χ3v) is 6.31. The van der Waals surface area contributed by atoms with Crippen molar-refractivity contribution in [3.8, 4) is 0 Å². The van der Waals surface area contributed by atoms with E-state index in [9.17, 15) is 26.0 Å². The van der Waals surface area contributed by atoms with Gasteiger partial charge in [0, 0.05) is 6.42 Å². The summed E-state index contributed by atoms with van der Waals surface area (Å²) >= 11 is 0. The van der Waals surface area contributed by atoms with Gasteiger partial charge in [-0.3, -0.25) is 0 Å². The highest BCUT2D eigenvalue weighted by Gasteiger charge is 2.44. The quantitative estimate of drug-likeness (QED) is 0.623. The Morgan fingerprint density at radius 1 is 1.12 bits per heavy atom. The maximum absolute atomic E-state index is 14.2. The van der Waals surface area contributed by atoms with E-state index in [2.05, 4.69) is 10.1 Å². The molecule has 5 nitrogen and oxygen atoms in total. The molecule has 0 N–H and O–H groups in total. The zero-order valence-electron chi connectivity index (χ0n) is 12.1. The molecule has 0 amide bonds. The van der Waals surface area contributed by atoms with Crippen molar-refractivity contribution in [1.82, 2.24) is 14.8 Å². The minimum absolute atomic E-state index is 0.317.